The van der Waals surface area contributed by atoms with Crippen LogP contribution >= 0.6 is 11.3 Å². The molecular weight excluding hydrogens is 226 g/mol. The average Bonchev–Trinajstić information content (AvgIpc) is 3.00. The van der Waals surface area contributed by atoms with Crippen LogP contribution < -0.4 is 5.32 Å². The number of nitrogens with one attached hydrogen (secondary N) is 1. The maximum absolute atomic E-state index is 3.91. The fraction of sp³-hybridized carbons (Fsp3) is 0.733. The van der Waals surface area contributed by atoms with Gasteiger partial charge >= 0.3 is 0 Å². The largest absolute Gasteiger partial charge is 0.307 e. The van der Waals surface area contributed by atoms with Crippen LogP contribution in [-0.4, -0.2) is 6.04 Å². The summed E-state index contributed by atoms with van der Waals surface area (Å²) in [5, 5.41) is 6.18. The van der Waals surface area contributed by atoms with Crippen molar-refractivity contribution in [2.75, 3.05) is 0 Å². The Hall–Kier alpha value is -0.340. The van der Waals surface area contributed by atoms with E-state index in [-0.39, 0.29) is 0 Å². The summed E-state index contributed by atoms with van der Waals surface area (Å²) in [5.74, 6) is 0.930. The number of hydrogen-bond donors (Lipinski definition) is 1. The Bertz CT molecular complexity index is 365. The van der Waals surface area contributed by atoms with Gasteiger partial charge in [0.1, 0.15) is 0 Å². The van der Waals surface area contributed by atoms with Gasteiger partial charge in [-0.2, -0.15) is 0 Å². The van der Waals surface area contributed by atoms with Gasteiger partial charge in [-0.1, -0.05) is 12.8 Å². The van der Waals surface area contributed by atoms with E-state index in [9.17, 15) is 0 Å². The van der Waals surface area contributed by atoms with Gasteiger partial charge in [0.15, 0.2) is 0 Å². The van der Waals surface area contributed by atoms with Crippen molar-refractivity contribution in [1.82, 2.24) is 5.32 Å². The molecule has 0 aromatic carbocycles. The number of hydrogen-bond acceptors (Lipinski definition) is 2. The summed E-state index contributed by atoms with van der Waals surface area (Å²) in [7, 11) is 0. The van der Waals surface area contributed by atoms with Crippen molar-refractivity contribution in [3.8, 4) is 0 Å². The summed E-state index contributed by atoms with van der Waals surface area (Å²) in [4.78, 5) is 1.63. The van der Waals surface area contributed by atoms with Crippen LogP contribution in [0.25, 0.3) is 0 Å². The van der Waals surface area contributed by atoms with Crippen LogP contribution in [0.3, 0.4) is 0 Å². The summed E-state index contributed by atoms with van der Waals surface area (Å²) < 4.78 is 0. The molecule has 1 heterocycles. The highest BCUT2D eigenvalue weighted by Crippen LogP contribution is 2.35. The Morgan fingerprint density at radius 1 is 1.24 bits per heavy atom. The third kappa shape index (κ3) is 2.43. The van der Waals surface area contributed by atoms with Gasteiger partial charge in [0.25, 0.3) is 0 Å². The molecule has 1 fully saturated rings. The summed E-state index contributed by atoms with van der Waals surface area (Å²) in [6.45, 7) is 2.40. The minimum absolute atomic E-state index is 0.639. The predicted molar refractivity (Wildman–Crippen MR) is 74.6 cm³/mol. The molecule has 3 rings (SSSR count). The molecule has 17 heavy (non-hydrogen) atoms. The molecular formula is C15H23NS. The third-order valence-electron chi connectivity index (χ3n) is 4.62. The first-order valence-corrected chi connectivity index (χ1v) is 8.05. The zero-order valence-electron chi connectivity index (χ0n) is 10.7. The van der Waals surface area contributed by atoms with Gasteiger partial charge in [-0.3, -0.25) is 0 Å². The second-order valence-corrected chi connectivity index (χ2v) is 6.74. The highest BCUT2D eigenvalue weighted by Gasteiger charge is 2.26. The first-order chi connectivity index (χ1) is 8.34. The van der Waals surface area contributed by atoms with Gasteiger partial charge in [0.05, 0.1) is 0 Å². The van der Waals surface area contributed by atoms with Crippen LogP contribution in [0, 0.1) is 5.92 Å². The lowest BCUT2D eigenvalue weighted by molar-refractivity contribution is 0.325. The smallest absolute Gasteiger partial charge is 0.0333 e. The Kier molecular flexibility index (Phi) is 3.53. The Labute approximate surface area is 109 Å². The van der Waals surface area contributed by atoms with E-state index in [1.165, 1.54) is 44.9 Å². The lowest BCUT2D eigenvalue weighted by atomic mass is 9.91. The fourth-order valence-corrected chi connectivity index (χ4v) is 4.56. The van der Waals surface area contributed by atoms with E-state index in [1.807, 2.05) is 11.3 Å². The van der Waals surface area contributed by atoms with Crippen LogP contribution in [0.2, 0.25) is 0 Å². The first kappa shape index (κ1) is 11.7. The molecule has 0 amide bonds. The molecule has 1 aromatic rings. The molecule has 1 unspecified atom stereocenters. The van der Waals surface area contributed by atoms with Crippen LogP contribution in [0.1, 0.15) is 61.9 Å². The van der Waals surface area contributed by atoms with Crippen molar-refractivity contribution in [2.45, 2.75) is 64.0 Å². The molecule has 0 saturated heterocycles. The highest BCUT2D eigenvalue weighted by molar-refractivity contribution is 7.10. The highest BCUT2D eigenvalue weighted by atomic mass is 32.1. The Morgan fingerprint density at radius 3 is 2.88 bits per heavy atom. The molecule has 94 valence electrons. The van der Waals surface area contributed by atoms with E-state index in [1.54, 1.807) is 10.4 Å². The van der Waals surface area contributed by atoms with Crippen molar-refractivity contribution in [2.24, 2.45) is 5.92 Å². The molecule has 0 aliphatic heterocycles. The third-order valence-corrected chi connectivity index (χ3v) is 5.62. The molecule has 1 N–H and O–H groups in total. The van der Waals surface area contributed by atoms with Gasteiger partial charge < -0.3 is 5.32 Å². The van der Waals surface area contributed by atoms with Crippen LogP contribution in [0.5, 0.6) is 0 Å². The maximum atomic E-state index is 3.91. The van der Waals surface area contributed by atoms with E-state index in [0.29, 0.717) is 12.1 Å². The number of rotatable bonds is 3. The zero-order chi connectivity index (χ0) is 11.7. The molecule has 1 saturated carbocycles. The summed E-state index contributed by atoms with van der Waals surface area (Å²) >= 11 is 1.95. The summed E-state index contributed by atoms with van der Waals surface area (Å²) in [5.41, 5.74) is 1.60. The van der Waals surface area contributed by atoms with Gasteiger partial charge in [-0.25, -0.2) is 0 Å². The number of aryl methyl sites for hydroxylation is 1. The minimum atomic E-state index is 0.639. The molecule has 0 spiro atoms. The summed E-state index contributed by atoms with van der Waals surface area (Å²) in [6, 6.07) is 3.69. The molecule has 2 aliphatic rings. The minimum Gasteiger partial charge on any atom is -0.307 e. The second kappa shape index (κ2) is 5.11. The molecule has 2 atom stereocenters. The Balaban J connectivity index is 1.66. The SMILES string of the molecule is C[C@H](NC1CCCc2sccc21)C1CCCC1. The zero-order valence-corrected chi connectivity index (χ0v) is 11.6. The Morgan fingerprint density at radius 2 is 2.06 bits per heavy atom. The van der Waals surface area contributed by atoms with Crippen molar-refractivity contribution in [3.05, 3.63) is 21.9 Å². The standard InChI is InChI=1S/C15H23NS/c1-11(12-5-2-3-6-12)16-14-7-4-8-15-13(14)9-10-17-15/h9-12,14,16H,2-8H2,1H3/t11-,14?/m0/s1. The van der Waals surface area contributed by atoms with Gasteiger partial charge in [0.2, 0.25) is 0 Å². The van der Waals surface area contributed by atoms with E-state index in [4.69, 9.17) is 0 Å². The van der Waals surface area contributed by atoms with E-state index >= 15 is 0 Å². The van der Waals surface area contributed by atoms with Crippen molar-refractivity contribution >= 4 is 11.3 Å². The lowest BCUT2D eigenvalue weighted by Gasteiger charge is -2.30. The van der Waals surface area contributed by atoms with Gasteiger partial charge in [-0.05, 0) is 62.0 Å². The molecule has 2 heteroatoms. The quantitative estimate of drug-likeness (QED) is 0.842. The topological polar surface area (TPSA) is 12.0 Å². The van der Waals surface area contributed by atoms with E-state index in [2.05, 4.69) is 23.7 Å². The summed E-state index contributed by atoms with van der Waals surface area (Å²) in [6.07, 6.45) is 9.79. The molecule has 2 aliphatic carbocycles. The fourth-order valence-electron chi connectivity index (χ4n) is 3.57. The van der Waals surface area contributed by atoms with Crippen molar-refractivity contribution in [1.29, 1.82) is 0 Å². The monoisotopic (exact) mass is 249 g/mol. The number of thiophene rings is 1. The van der Waals surface area contributed by atoms with E-state index in [0.717, 1.165) is 5.92 Å². The van der Waals surface area contributed by atoms with E-state index < -0.39 is 0 Å². The molecule has 0 radical (unpaired) electrons. The van der Waals surface area contributed by atoms with Crippen molar-refractivity contribution < 1.29 is 0 Å². The molecule has 1 aromatic heterocycles. The lowest BCUT2D eigenvalue weighted by Crippen LogP contribution is -2.36. The normalized spacial score (nSPS) is 27.0. The average molecular weight is 249 g/mol. The second-order valence-electron chi connectivity index (χ2n) is 5.74. The first-order valence-electron chi connectivity index (χ1n) is 7.17. The molecule has 1 nitrogen and oxygen atoms in total. The van der Waals surface area contributed by atoms with Crippen molar-refractivity contribution in [3.63, 3.8) is 0 Å². The van der Waals surface area contributed by atoms with Gasteiger partial charge in [0, 0.05) is 17.0 Å². The maximum Gasteiger partial charge on any atom is 0.0333 e. The van der Waals surface area contributed by atoms with Gasteiger partial charge in [-0.15, -0.1) is 11.3 Å². The van der Waals surface area contributed by atoms with Crippen LogP contribution in [-0.2, 0) is 6.42 Å². The van der Waals surface area contributed by atoms with Crippen LogP contribution in [0.4, 0.5) is 0 Å². The van der Waals surface area contributed by atoms with Crippen LogP contribution in [0.15, 0.2) is 11.4 Å². The number of fused-ring (bicyclic) bond motifs is 1. The predicted octanol–water partition coefficient (Wildman–Crippen LogP) is 4.29. The molecule has 0 bridgehead atoms.